The van der Waals surface area contributed by atoms with E-state index in [-0.39, 0.29) is 23.6 Å². The van der Waals surface area contributed by atoms with Crippen LogP contribution in [0.15, 0.2) is 46.5 Å². The van der Waals surface area contributed by atoms with Gasteiger partial charge in [-0.15, -0.1) is 11.3 Å². The van der Waals surface area contributed by atoms with Crippen molar-refractivity contribution in [1.29, 1.82) is 0 Å². The van der Waals surface area contributed by atoms with Crippen molar-refractivity contribution in [3.8, 4) is 11.9 Å². The first kappa shape index (κ1) is 25.9. The van der Waals surface area contributed by atoms with E-state index in [4.69, 9.17) is 9.47 Å². The molecule has 0 spiro atoms. The van der Waals surface area contributed by atoms with Crippen LogP contribution < -0.4 is 19.7 Å². The molecule has 0 bridgehead atoms. The van der Waals surface area contributed by atoms with Gasteiger partial charge in [0.25, 0.3) is 5.91 Å². The molecule has 13 heteroatoms. The van der Waals surface area contributed by atoms with Crippen molar-refractivity contribution in [2.24, 2.45) is 0 Å². The number of H-pyrrole nitrogens is 1. The van der Waals surface area contributed by atoms with Crippen LogP contribution in [0.3, 0.4) is 0 Å². The number of benzene rings is 1. The molecule has 4 aromatic heterocycles. The number of anilines is 2. The Hall–Kier alpha value is -4.36. The summed E-state index contributed by atoms with van der Waals surface area (Å²) in [7, 11) is 3.09. The maximum absolute atomic E-state index is 12.9. The van der Waals surface area contributed by atoms with Crippen LogP contribution in [0.2, 0.25) is 0 Å². The van der Waals surface area contributed by atoms with Crippen molar-refractivity contribution in [2.75, 3.05) is 37.5 Å². The van der Waals surface area contributed by atoms with Gasteiger partial charge < -0.3 is 19.4 Å². The van der Waals surface area contributed by atoms with Crippen LogP contribution in [0.5, 0.6) is 11.9 Å². The Balaban J connectivity index is 1.09. The van der Waals surface area contributed by atoms with E-state index < -0.39 is 0 Å². The van der Waals surface area contributed by atoms with Gasteiger partial charge in [-0.1, -0.05) is 0 Å². The zero-order valence-electron chi connectivity index (χ0n) is 21.7. The number of methoxy groups -OCH3 is 2. The molecule has 0 radical (unpaired) electrons. The second kappa shape index (κ2) is 11.0. The number of nitrogens with one attached hydrogen (secondary N) is 2. The minimum Gasteiger partial charge on any atom is -0.481 e. The average Bonchev–Trinajstić information content (AvgIpc) is 3.77. The zero-order chi connectivity index (χ0) is 27.6. The largest absolute Gasteiger partial charge is 0.481 e. The van der Waals surface area contributed by atoms with E-state index >= 15 is 0 Å². The highest BCUT2D eigenvalue weighted by atomic mass is 32.1. The molecule has 0 aliphatic carbocycles. The Bertz CT molecular complexity index is 1650. The first-order valence-corrected chi connectivity index (χ1v) is 14.4. The molecule has 1 aliphatic heterocycles. The highest BCUT2D eigenvalue weighted by Gasteiger charge is 2.26. The van der Waals surface area contributed by atoms with Gasteiger partial charge in [-0.25, -0.2) is 9.97 Å². The summed E-state index contributed by atoms with van der Waals surface area (Å²) in [5, 5.41) is 9.20. The summed E-state index contributed by atoms with van der Waals surface area (Å²) < 4.78 is 10.5. The molecule has 204 valence electrons. The molecule has 5 heterocycles. The normalized spacial score (nSPS) is 13.9. The molecular formula is C27H25N7O4S2. The highest BCUT2D eigenvalue weighted by Crippen LogP contribution is 2.33. The maximum atomic E-state index is 12.9. The van der Waals surface area contributed by atoms with Gasteiger partial charge in [0.15, 0.2) is 5.78 Å². The minimum atomic E-state index is -0.339. The maximum Gasteiger partial charge on any atom is 0.321 e. The summed E-state index contributed by atoms with van der Waals surface area (Å²) in [6.07, 6.45) is 1.75. The van der Waals surface area contributed by atoms with Gasteiger partial charge in [-0.05, 0) is 42.5 Å². The number of ketones is 1. The van der Waals surface area contributed by atoms with Crippen molar-refractivity contribution in [1.82, 2.24) is 24.9 Å². The molecule has 2 N–H and O–H groups in total. The molecule has 1 aromatic carbocycles. The van der Waals surface area contributed by atoms with Crippen LogP contribution in [0, 0.1) is 0 Å². The predicted octanol–water partition coefficient (Wildman–Crippen LogP) is 4.76. The number of piperidine rings is 1. The number of thiophene rings is 1. The van der Waals surface area contributed by atoms with E-state index in [9.17, 15) is 9.59 Å². The first-order chi connectivity index (χ1) is 19.5. The molecule has 11 nitrogen and oxygen atoms in total. The number of ether oxygens (including phenoxy) is 2. The van der Waals surface area contributed by atoms with Crippen LogP contribution in [-0.2, 0) is 0 Å². The second-order valence-electron chi connectivity index (χ2n) is 9.20. The van der Waals surface area contributed by atoms with E-state index in [1.54, 1.807) is 42.8 Å². The summed E-state index contributed by atoms with van der Waals surface area (Å²) in [6, 6.07) is 9.12. The fourth-order valence-electron chi connectivity index (χ4n) is 4.63. The van der Waals surface area contributed by atoms with Crippen LogP contribution in [0.25, 0.3) is 11.0 Å². The van der Waals surface area contributed by atoms with E-state index in [1.165, 1.54) is 29.8 Å². The number of nitrogens with zero attached hydrogens (tertiary/aromatic N) is 5. The molecule has 1 amide bonds. The summed E-state index contributed by atoms with van der Waals surface area (Å²) in [5.41, 5.74) is 2.88. The number of hydrogen-bond acceptors (Lipinski definition) is 11. The van der Waals surface area contributed by atoms with Gasteiger partial charge in [-0.3, -0.25) is 14.9 Å². The van der Waals surface area contributed by atoms with Gasteiger partial charge in [0.2, 0.25) is 11.8 Å². The Morgan fingerprint density at radius 2 is 1.85 bits per heavy atom. The molecule has 0 saturated carbocycles. The highest BCUT2D eigenvalue weighted by molar-refractivity contribution is 7.10. The number of aromatic nitrogens is 5. The first-order valence-electron chi connectivity index (χ1n) is 12.6. The molecule has 6 rings (SSSR count). The Morgan fingerprint density at radius 1 is 1.00 bits per heavy atom. The molecule has 1 fully saturated rings. The van der Waals surface area contributed by atoms with Crippen LogP contribution in [0.1, 0.15) is 50.2 Å². The van der Waals surface area contributed by atoms with Crippen LogP contribution in [0.4, 0.5) is 11.8 Å². The summed E-state index contributed by atoms with van der Waals surface area (Å²) in [4.78, 5) is 48.6. The van der Waals surface area contributed by atoms with Crippen molar-refractivity contribution < 1.29 is 19.1 Å². The Kier molecular flexibility index (Phi) is 7.13. The van der Waals surface area contributed by atoms with Gasteiger partial charge in [-0.2, -0.15) is 21.3 Å². The summed E-state index contributed by atoms with van der Waals surface area (Å²) in [5.74, 6) is 1.37. The van der Waals surface area contributed by atoms with E-state index in [0.29, 0.717) is 39.7 Å². The van der Waals surface area contributed by atoms with Crippen LogP contribution in [-0.4, -0.2) is 63.9 Å². The number of rotatable bonds is 8. The number of thiazole rings is 1. The van der Waals surface area contributed by atoms with Gasteiger partial charge >= 0.3 is 6.01 Å². The van der Waals surface area contributed by atoms with Crippen molar-refractivity contribution in [2.45, 2.75) is 18.8 Å². The molecular weight excluding hydrogens is 550 g/mol. The minimum absolute atomic E-state index is 0.0549. The lowest BCUT2D eigenvalue weighted by Gasteiger charge is -2.32. The fourth-order valence-corrected chi connectivity index (χ4v) is 6.23. The number of fused-ring (bicyclic) bond motifs is 1. The number of aromatic amines is 1. The van der Waals surface area contributed by atoms with Gasteiger partial charge in [0, 0.05) is 47.0 Å². The average molecular weight is 576 g/mol. The zero-order valence-corrected chi connectivity index (χ0v) is 23.3. The number of hydrogen-bond donors (Lipinski definition) is 2. The molecule has 40 heavy (non-hydrogen) atoms. The monoisotopic (exact) mass is 575 g/mol. The van der Waals surface area contributed by atoms with Gasteiger partial charge in [0.1, 0.15) is 11.5 Å². The lowest BCUT2D eigenvalue weighted by atomic mass is 9.97. The van der Waals surface area contributed by atoms with Crippen molar-refractivity contribution in [3.05, 3.63) is 68.3 Å². The number of imidazole rings is 1. The molecule has 0 atom stereocenters. The molecule has 5 aromatic rings. The quantitative estimate of drug-likeness (QED) is 0.251. The number of carbonyl (C=O) groups is 2. The smallest absolute Gasteiger partial charge is 0.321 e. The summed E-state index contributed by atoms with van der Waals surface area (Å²) in [6.45, 7) is 1.57. The lowest BCUT2D eigenvalue weighted by Crippen LogP contribution is -2.33. The van der Waals surface area contributed by atoms with Gasteiger partial charge in [0.05, 0.1) is 30.3 Å². The number of carbonyl (C=O) groups excluding carboxylic acids is 2. The lowest BCUT2D eigenvalue weighted by molar-refractivity contribution is 0.101. The van der Waals surface area contributed by atoms with Crippen molar-refractivity contribution >= 4 is 57.2 Å². The Morgan fingerprint density at radius 3 is 2.60 bits per heavy atom. The Labute approximate surface area is 237 Å². The van der Waals surface area contributed by atoms with Crippen LogP contribution >= 0.6 is 22.7 Å². The fraction of sp³-hybridized carbons (Fsp3) is 0.259. The standard InChI is InChI=1S/C27H25N7O4S2/c1-37-22-12-21(31-27(32-22)38-2)34-8-5-15(6-9-34)25-28-20(14-40-25)24(36)33-26-29-18-4-3-16(11-19(18)30-26)23(35)17-7-10-39-13-17/h3-4,7,10-15H,5-6,8-9H2,1-2H3,(H2,29,30,33,36). The van der Waals surface area contributed by atoms with E-state index in [1.807, 2.05) is 10.8 Å². The van der Waals surface area contributed by atoms with E-state index in [0.717, 1.165) is 36.8 Å². The molecule has 1 aliphatic rings. The third-order valence-corrected chi connectivity index (χ3v) is 8.43. The van der Waals surface area contributed by atoms with Crippen molar-refractivity contribution in [3.63, 3.8) is 0 Å². The van der Waals surface area contributed by atoms with E-state index in [2.05, 4.69) is 35.1 Å². The predicted molar refractivity (Wildman–Crippen MR) is 153 cm³/mol. The molecule has 1 saturated heterocycles. The third-order valence-electron chi connectivity index (χ3n) is 6.74. The SMILES string of the molecule is COc1cc(N2CCC(c3nc(C(=O)Nc4nc5ccc(C(=O)c6ccsc6)cc5[nH]4)cs3)CC2)nc(OC)n1. The summed E-state index contributed by atoms with van der Waals surface area (Å²) >= 11 is 2.97. The third kappa shape index (κ3) is 5.25. The topological polar surface area (TPSA) is 135 Å². The number of amides is 1. The second-order valence-corrected chi connectivity index (χ2v) is 10.9. The molecule has 0 unspecified atom stereocenters.